The van der Waals surface area contributed by atoms with E-state index < -0.39 is 0 Å². The van der Waals surface area contributed by atoms with Crippen molar-refractivity contribution in [3.8, 4) is 11.1 Å². The van der Waals surface area contributed by atoms with Crippen molar-refractivity contribution in [2.75, 3.05) is 20.6 Å². The molecule has 2 aromatic rings. The van der Waals surface area contributed by atoms with Crippen LogP contribution in [0.1, 0.15) is 18.4 Å². The smallest absolute Gasteiger partial charge is 0.239 e. The molecule has 0 saturated carbocycles. The fraction of sp³-hybridized carbons (Fsp3) is 0.350. The molecule has 0 bridgehead atoms. The summed E-state index contributed by atoms with van der Waals surface area (Å²) in [5, 5.41) is 0. The van der Waals surface area contributed by atoms with Crippen molar-refractivity contribution in [1.29, 1.82) is 0 Å². The van der Waals surface area contributed by atoms with Gasteiger partial charge in [0.05, 0.1) is 6.04 Å². The molecule has 0 spiro atoms. The Morgan fingerprint density at radius 2 is 1.70 bits per heavy atom. The minimum atomic E-state index is 0.0406. The first-order chi connectivity index (χ1) is 11.1. The maximum atomic E-state index is 12.3. The number of hydrogen-bond acceptors (Lipinski definition) is 2. The molecule has 3 heteroatoms. The molecule has 0 aromatic heterocycles. The number of nitrogens with zero attached hydrogens (tertiary/aromatic N) is 2. The van der Waals surface area contributed by atoms with Gasteiger partial charge in [0.15, 0.2) is 0 Å². The Labute approximate surface area is 138 Å². The Bertz CT molecular complexity index is 649. The molecule has 2 aromatic carbocycles. The van der Waals surface area contributed by atoms with Gasteiger partial charge in [0, 0.05) is 20.6 Å². The molecule has 1 amide bonds. The molecule has 3 rings (SSSR count). The van der Waals surface area contributed by atoms with Gasteiger partial charge in [-0.3, -0.25) is 9.69 Å². The van der Waals surface area contributed by atoms with Crippen molar-refractivity contribution >= 4 is 5.91 Å². The molecule has 3 nitrogen and oxygen atoms in total. The molecule has 0 N–H and O–H groups in total. The maximum absolute atomic E-state index is 12.3. The molecule has 0 radical (unpaired) electrons. The highest BCUT2D eigenvalue weighted by Gasteiger charge is 2.31. The summed E-state index contributed by atoms with van der Waals surface area (Å²) in [5.41, 5.74) is 3.74. The van der Waals surface area contributed by atoms with Crippen molar-refractivity contribution in [3.05, 3.63) is 60.2 Å². The molecule has 1 saturated heterocycles. The molecule has 1 aliphatic heterocycles. The second kappa shape index (κ2) is 6.97. The first-order valence-electron chi connectivity index (χ1n) is 8.25. The summed E-state index contributed by atoms with van der Waals surface area (Å²) in [5.74, 6) is 0.225. The number of hydrogen-bond donors (Lipinski definition) is 0. The van der Waals surface area contributed by atoms with E-state index in [0.29, 0.717) is 0 Å². The Hall–Kier alpha value is -2.13. The van der Waals surface area contributed by atoms with Gasteiger partial charge >= 0.3 is 0 Å². The monoisotopic (exact) mass is 308 g/mol. The molecule has 1 aliphatic rings. The largest absolute Gasteiger partial charge is 0.347 e. The fourth-order valence-electron chi connectivity index (χ4n) is 3.26. The van der Waals surface area contributed by atoms with Gasteiger partial charge in [-0.2, -0.15) is 0 Å². The first kappa shape index (κ1) is 15.8. The van der Waals surface area contributed by atoms with Crippen molar-refractivity contribution in [3.63, 3.8) is 0 Å². The molecule has 1 heterocycles. The van der Waals surface area contributed by atoms with Crippen LogP contribution in [0, 0.1) is 0 Å². The molecular formula is C20H24N2O. The fourth-order valence-corrected chi connectivity index (χ4v) is 3.26. The SMILES string of the molecule is CN(C)C(=O)[C@@H]1CCCN1Cc1ccc(-c2ccccc2)cc1. The molecule has 0 aliphatic carbocycles. The van der Waals surface area contributed by atoms with Crippen LogP contribution in [-0.4, -0.2) is 42.4 Å². The van der Waals surface area contributed by atoms with E-state index in [9.17, 15) is 4.79 Å². The normalized spacial score (nSPS) is 18.1. The van der Waals surface area contributed by atoms with Crippen molar-refractivity contribution in [2.24, 2.45) is 0 Å². The van der Waals surface area contributed by atoms with Crippen LogP contribution in [0.4, 0.5) is 0 Å². The van der Waals surface area contributed by atoms with Gasteiger partial charge in [-0.1, -0.05) is 54.6 Å². The van der Waals surface area contributed by atoms with Gasteiger partial charge in [-0.05, 0) is 36.1 Å². The first-order valence-corrected chi connectivity index (χ1v) is 8.25. The topological polar surface area (TPSA) is 23.6 Å². The Balaban J connectivity index is 1.70. The van der Waals surface area contributed by atoms with E-state index in [0.717, 1.165) is 25.9 Å². The zero-order valence-corrected chi connectivity index (χ0v) is 13.9. The molecule has 23 heavy (non-hydrogen) atoms. The van der Waals surface area contributed by atoms with Crippen LogP contribution in [0.15, 0.2) is 54.6 Å². The standard InChI is InChI=1S/C20H24N2O/c1-21(2)20(23)19-9-6-14-22(19)15-16-10-12-18(13-11-16)17-7-4-3-5-8-17/h3-5,7-8,10-13,19H,6,9,14-15H2,1-2H3/t19-/m0/s1. The van der Waals surface area contributed by atoms with Crippen LogP contribution in [0.5, 0.6) is 0 Å². The minimum absolute atomic E-state index is 0.0406. The van der Waals surface area contributed by atoms with Crippen LogP contribution in [0.2, 0.25) is 0 Å². The van der Waals surface area contributed by atoms with Gasteiger partial charge in [0.25, 0.3) is 0 Å². The zero-order valence-electron chi connectivity index (χ0n) is 13.9. The Morgan fingerprint density at radius 1 is 1.04 bits per heavy atom. The number of amides is 1. The molecule has 1 fully saturated rings. The summed E-state index contributed by atoms with van der Waals surface area (Å²) >= 11 is 0. The zero-order chi connectivity index (χ0) is 16.2. The third kappa shape index (κ3) is 3.62. The van der Waals surface area contributed by atoms with Crippen LogP contribution in [-0.2, 0) is 11.3 Å². The van der Waals surface area contributed by atoms with Crippen LogP contribution >= 0.6 is 0 Å². The number of benzene rings is 2. The molecule has 1 atom stereocenters. The highest BCUT2D eigenvalue weighted by atomic mass is 16.2. The van der Waals surface area contributed by atoms with E-state index in [1.807, 2.05) is 20.2 Å². The lowest BCUT2D eigenvalue weighted by atomic mass is 10.0. The van der Waals surface area contributed by atoms with Gasteiger partial charge in [0.2, 0.25) is 5.91 Å². The lowest BCUT2D eigenvalue weighted by Crippen LogP contribution is -2.42. The van der Waals surface area contributed by atoms with Crippen LogP contribution in [0.3, 0.4) is 0 Å². The Kier molecular flexibility index (Phi) is 4.77. The van der Waals surface area contributed by atoms with E-state index in [1.165, 1.54) is 16.7 Å². The Morgan fingerprint density at radius 3 is 2.35 bits per heavy atom. The lowest BCUT2D eigenvalue weighted by molar-refractivity contribution is -0.133. The van der Waals surface area contributed by atoms with E-state index in [4.69, 9.17) is 0 Å². The minimum Gasteiger partial charge on any atom is -0.347 e. The molecule has 0 unspecified atom stereocenters. The second-order valence-electron chi connectivity index (χ2n) is 6.42. The third-order valence-corrected chi connectivity index (χ3v) is 4.54. The summed E-state index contributed by atoms with van der Waals surface area (Å²) in [4.78, 5) is 16.3. The summed E-state index contributed by atoms with van der Waals surface area (Å²) < 4.78 is 0. The number of likely N-dealkylation sites (tertiary alicyclic amines) is 1. The highest BCUT2D eigenvalue weighted by molar-refractivity contribution is 5.81. The predicted octanol–water partition coefficient (Wildman–Crippen LogP) is 3.41. The van der Waals surface area contributed by atoms with Crippen LogP contribution < -0.4 is 0 Å². The van der Waals surface area contributed by atoms with Gasteiger partial charge in [-0.15, -0.1) is 0 Å². The second-order valence-corrected chi connectivity index (χ2v) is 6.42. The molecular weight excluding hydrogens is 284 g/mol. The number of carbonyl (C=O) groups excluding carboxylic acids is 1. The number of likely N-dealkylation sites (N-methyl/N-ethyl adjacent to an activating group) is 1. The van der Waals surface area contributed by atoms with Crippen molar-refractivity contribution in [1.82, 2.24) is 9.80 Å². The maximum Gasteiger partial charge on any atom is 0.239 e. The summed E-state index contributed by atoms with van der Waals surface area (Å²) in [6.07, 6.45) is 2.07. The number of carbonyl (C=O) groups is 1. The van der Waals surface area contributed by atoms with Gasteiger partial charge in [0.1, 0.15) is 0 Å². The average Bonchev–Trinajstić information content (AvgIpc) is 3.03. The van der Waals surface area contributed by atoms with Crippen LogP contribution in [0.25, 0.3) is 11.1 Å². The van der Waals surface area contributed by atoms with E-state index in [1.54, 1.807) is 4.90 Å². The van der Waals surface area contributed by atoms with E-state index in [2.05, 4.69) is 53.4 Å². The summed E-state index contributed by atoms with van der Waals surface area (Å²) in [7, 11) is 3.68. The van der Waals surface area contributed by atoms with Crippen molar-refractivity contribution in [2.45, 2.75) is 25.4 Å². The lowest BCUT2D eigenvalue weighted by Gasteiger charge is -2.26. The predicted molar refractivity (Wildman–Crippen MR) is 94.0 cm³/mol. The van der Waals surface area contributed by atoms with E-state index >= 15 is 0 Å². The average molecular weight is 308 g/mol. The molecule has 120 valence electrons. The van der Waals surface area contributed by atoms with E-state index in [-0.39, 0.29) is 11.9 Å². The van der Waals surface area contributed by atoms with Gasteiger partial charge < -0.3 is 4.90 Å². The van der Waals surface area contributed by atoms with Crippen molar-refractivity contribution < 1.29 is 4.79 Å². The quantitative estimate of drug-likeness (QED) is 0.864. The summed E-state index contributed by atoms with van der Waals surface area (Å²) in [6.45, 7) is 1.85. The third-order valence-electron chi connectivity index (χ3n) is 4.54. The number of rotatable bonds is 4. The van der Waals surface area contributed by atoms with Gasteiger partial charge in [-0.25, -0.2) is 0 Å². The summed E-state index contributed by atoms with van der Waals surface area (Å²) in [6, 6.07) is 19.1. The highest BCUT2D eigenvalue weighted by Crippen LogP contribution is 2.23.